The van der Waals surface area contributed by atoms with Crippen molar-refractivity contribution in [3.63, 3.8) is 0 Å². The standard InChI is InChI=1S/C47H39N.C30H23N.C22H20O.C16H14O.2CH4/c1-46(2)44-20-12-10-18-42(44)43-19-11-13-21-45(43)47(46,3)38-26-32-41(33-27-38)48(39-28-22-36(23-29-39)34-14-6-4-7-15-34)40-30-24-37(25-31-40)35-16-8-5-9-17-35;1-4-10-24(11-5-1)26-16-20-29(21-17-26)31(28-14-8-3-9-15-28)30-22-18-27(19-23-30)25-12-6-2-7-13-25;1-21(2)19-14-8-6-12-17(19)18-13-7-9-15-20(18)22(21,23)16-10-4-3-5-11-16;1-16(2)14-10-6-5-8-12(14)11-7-3-4-9-13(11)15(16)17;;/h4-33H,1-3H3;1-23H;3-15,23H,1-2H3;3-10H,1-2H3;2*1H4. The number of rotatable bonds is 12. The van der Waals surface area contributed by atoms with Gasteiger partial charge in [-0.1, -0.05) is 426 Å². The van der Waals surface area contributed by atoms with E-state index in [9.17, 15) is 9.90 Å². The Kier molecular flexibility index (Phi) is 23.7. The summed E-state index contributed by atoms with van der Waals surface area (Å²) in [6, 6.07) is 158. The minimum Gasteiger partial charge on any atom is -0.379 e. The number of carbonyl (C=O) groups is 1. The summed E-state index contributed by atoms with van der Waals surface area (Å²) < 4.78 is 0. The topological polar surface area (TPSA) is 43.8 Å². The Labute approximate surface area is 716 Å². The van der Waals surface area contributed by atoms with E-state index in [4.69, 9.17) is 0 Å². The highest BCUT2D eigenvalue weighted by molar-refractivity contribution is 6.12. The molecule has 0 aliphatic heterocycles. The van der Waals surface area contributed by atoms with E-state index >= 15 is 0 Å². The predicted molar refractivity (Wildman–Crippen MR) is 512 cm³/mol. The smallest absolute Gasteiger partial charge is 0.173 e. The van der Waals surface area contributed by atoms with Crippen molar-refractivity contribution in [2.24, 2.45) is 0 Å². The van der Waals surface area contributed by atoms with Crippen LogP contribution in [0.2, 0.25) is 0 Å². The first-order chi connectivity index (χ1) is 58.0. The van der Waals surface area contributed by atoms with Gasteiger partial charge in [0.15, 0.2) is 5.78 Å². The molecule has 2 atom stereocenters. The van der Waals surface area contributed by atoms with Gasteiger partial charge in [-0.05, 0) is 203 Å². The van der Waals surface area contributed by atoms with Crippen molar-refractivity contribution >= 4 is 39.9 Å². The van der Waals surface area contributed by atoms with E-state index in [2.05, 4.69) is 402 Å². The zero-order valence-corrected chi connectivity index (χ0v) is 68.5. The van der Waals surface area contributed by atoms with Crippen LogP contribution >= 0.6 is 0 Å². The number of Topliss-reactive ketones (excluding diaryl/α,β-unsaturated/α-hetero) is 1. The highest BCUT2D eigenvalue weighted by Gasteiger charge is 2.53. The summed E-state index contributed by atoms with van der Waals surface area (Å²) in [5.41, 5.74) is 30.7. The summed E-state index contributed by atoms with van der Waals surface area (Å²) in [6.45, 7) is 15.5. The summed E-state index contributed by atoms with van der Waals surface area (Å²) in [4.78, 5) is 17.2. The van der Waals surface area contributed by atoms with E-state index in [1.54, 1.807) is 0 Å². The van der Waals surface area contributed by atoms with Crippen LogP contribution in [0.1, 0.15) is 113 Å². The molecule has 3 aliphatic carbocycles. The second kappa shape index (κ2) is 34.9. The molecule has 20 rings (SSSR count). The largest absolute Gasteiger partial charge is 0.379 e. The van der Waals surface area contributed by atoms with Gasteiger partial charge in [-0.3, -0.25) is 4.79 Å². The summed E-state index contributed by atoms with van der Waals surface area (Å²) in [6.07, 6.45) is 0. The van der Waals surface area contributed by atoms with E-state index in [1.165, 1.54) is 89.0 Å². The molecule has 4 nitrogen and oxygen atoms in total. The van der Waals surface area contributed by atoms with Crippen molar-refractivity contribution in [2.75, 3.05) is 9.80 Å². The second-order valence-corrected chi connectivity index (χ2v) is 32.9. The Bertz CT molecular complexity index is 6200. The van der Waals surface area contributed by atoms with Crippen LogP contribution in [0, 0.1) is 0 Å². The lowest BCUT2D eigenvalue weighted by Crippen LogP contribution is -2.48. The average molecular weight is 1570 g/mol. The first-order valence-electron chi connectivity index (χ1n) is 41.3. The molecule has 0 bridgehead atoms. The number of ketones is 1. The monoisotopic (exact) mass is 1570 g/mol. The van der Waals surface area contributed by atoms with Gasteiger partial charge in [-0.15, -0.1) is 0 Å². The molecule has 0 spiro atoms. The molecule has 594 valence electrons. The molecule has 3 aliphatic rings. The summed E-state index contributed by atoms with van der Waals surface area (Å²) in [7, 11) is 0. The molecule has 0 radical (unpaired) electrons. The molecular weight excluding hydrogens is 1470 g/mol. The van der Waals surface area contributed by atoms with Crippen molar-refractivity contribution in [3.8, 4) is 77.9 Å². The number of aliphatic hydroxyl groups is 1. The van der Waals surface area contributed by atoms with Crippen LogP contribution in [-0.4, -0.2) is 10.9 Å². The van der Waals surface area contributed by atoms with Crippen LogP contribution in [0.3, 0.4) is 0 Å². The van der Waals surface area contributed by atoms with Gasteiger partial charge in [0.2, 0.25) is 0 Å². The zero-order valence-electron chi connectivity index (χ0n) is 68.5. The van der Waals surface area contributed by atoms with Crippen molar-refractivity contribution < 1.29 is 9.90 Å². The molecule has 2 unspecified atom stereocenters. The van der Waals surface area contributed by atoms with E-state index in [0.29, 0.717) is 0 Å². The van der Waals surface area contributed by atoms with E-state index in [-0.39, 0.29) is 31.5 Å². The highest BCUT2D eigenvalue weighted by atomic mass is 16.3. The molecule has 0 saturated carbocycles. The number of benzene rings is 17. The number of hydrogen-bond donors (Lipinski definition) is 1. The van der Waals surface area contributed by atoms with Gasteiger partial charge in [0, 0.05) is 55.9 Å². The fourth-order valence-corrected chi connectivity index (χ4v) is 18.4. The van der Waals surface area contributed by atoms with Crippen molar-refractivity contribution in [3.05, 3.63) is 493 Å². The zero-order chi connectivity index (χ0) is 81.7. The number of fused-ring (bicyclic) bond motifs is 9. The lowest BCUT2D eigenvalue weighted by atomic mass is 9.52. The molecule has 0 heterocycles. The van der Waals surface area contributed by atoms with Gasteiger partial charge in [0.05, 0.1) is 5.41 Å². The summed E-state index contributed by atoms with van der Waals surface area (Å²) in [5.74, 6) is 0.215. The molecule has 0 amide bonds. The SMILES string of the molecule is C.C.CC1(C)C(=O)c2ccccc2-c2ccccc21.CC1(C)c2ccccc2-c2ccccc2C1(C)c1ccc(N(c2ccc(-c3ccccc3)cc2)c2ccc(-c3ccccc3)cc2)cc1.CC1(C)c2ccccc2-c2ccccc2C1(O)c1ccccc1.c1ccc(-c2ccc(N(c3ccccc3)c3ccc(-c4ccccc4)cc3)cc2)cc1. The van der Waals surface area contributed by atoms with Crippen LogP contribution in [0.15, 0.2) is 449 Å². The quantitative estimate of drug-likeness (QED) is 0.132. The third kappa shape index (κ3) is 15.5. The number of nitrogens with zero attached hydrogens (tertiary/aromatic N) is 2. The Morgan fingerprint density at radius 3 is 0.793 bits per heavy atom. The minimum absolute atomic E-state index is 0. The van der Waals surface area contributed by atoms with Crippen molar-refractivity contribution in [1.29, 1.82) is 0 Å². The van der Waals surface area contributed by atoms with Gasteiger partial charge >= 0.3 is 0 Å². The third-order valence-corrected chi connectivity index (χ3v) is 25.2. The molecule has 1 N–H and O–H groups in total. The Balaban J connectivity index is 0.000000134. The fraction of sp³-hybridized carbons (Fsp3) is 0.120. The number of para-hydroxylation sites is 1. The Morgan fingerprint density at radius 2 is 0.430 bits per heavy atom. The normalized spacial score (nSPS) is 15.4. The third-order valence-electron chi connectivity index (χ3n) is 25.2. The van der Waals surface area contributed by atoms with Crippen LogP contribution in [0.5, 0.6) is 0 Å². The number of anilines is 6. The van der Waals surface area contributed by atoms with Crippen molar-refractivity contribution in [2.45, 2.75) is 90.6 Å². The number of hydrogen-bond acceptors (Lipinski definition) is 4. The molecule has 4 heteroatoms. The maximum atomic E-state index is 12.5. The molecule has 0 fully saturated rings. The molecule has 0 saturated heterocycles. The molecule has 0 aromatic heterocycles. The maximum absolute atomic E-state index is 12.5. The summed E-state index contributed by atoms with van der Waals surface area (Å²) in [5, 5.41) is 12.0. The first-order valence-corrected chi connectivity index (χ1v) is 41.3. The van der Waals surface area contributed by atoms with E-state index in [1.807, 2.05) is 105 Å². The minimum atomic E-state index is -1.06. The summed E-state index contributed by atoms with van der Waals surface area (Å²) >= 11 is 0. The van der Waals surface area contributed by atoms with Crippen LogP contribution in [0.4, 0.5) is 34.1 Å². The van der Waals surface area contributed by atoms with Gasteiger partial charge in [0.25, 0.3) is 0 Å². The van der Waals surface area contributed by atoms with Crippen LogP contribution < -0.4 is 9.80 Å². The maximum Gasteiger partial charge on any atom is 0.173 e. The molecule has 17 aromatic rings. The second-order valence-electron chi connectivity index (χ2n) is 32.9. The van der Waals surface area contributed by atoms with Gasteiger partial charge in [-0.25, -0.2) is 0 Å². The van der Waals surface area contributed by atoms with Gasteiger partial charge in [0.1, 0.15) is 5.60 Å². The van der Waals surface area contributed by atoms with Gasteiger partial charge < -0.3 is 14.9 Å². The van der Waals surface area contributed by atoms with E-state index < -0.39 is 16.4 Å². The Hall–Kier alpha value is -14.0. The molecule has 17 aromatic carbocycles. The first kappa shape index (κ1) is 82.1. The van der Waals surface area contributed by atoms with Crippen LogP contribution in [-0.2, 0) is 27.3 Å². The fourth-order valence-electron chi connectivity index (χ4n) is 18.4. The number of carbonyl (C=O) groups excluding carboxylic acids is 1. The van der Waals surface area contributed by atoms with Crippen LogP contribution in [0.25, 0.3) is 77.9 Å². The molecule has 121 heavy (non-hydrogen) atoms. The highest BCUT2D eigenvalue weighted by Crippen LogP contribution is 2.59. The average Bonchev–Trinajstić information content (AvgIpc) is 0.707. The lowest BCUT2D eigenvalue weighted by molar-refractivity contribution is 0.00677. The molecular formula is C117H104N2O2. The Morgan fingerprint density at radius 1 is 0.198 bits per heavy atom. The van der Waals surface area contributed by atoms with E-state index in [0.717, 1.165) is 67.5 Å². The van der Waals surface area contributed by atoms with Crippen molar-refractivity contribution in [1.82, 2.24) is 0 Å². The predicted octanol–water partition coefficient (Wildman–Crippen LogP) is 31.2. The van der Waals surface area contributed by atoms with Gasteiger partial charge in [-0.2, -0.15) is 0 Å². The lowest BCUT2D eigenvalue weighted by Gasteiger charge is -2.50.